The maximum Gasteiger partial charge on any atom is 0.315 e. The van der Waals surface area contributed by atoms with Crippen molar-refractivity contribution in [3.05, 3.63) is 30.1 Å². The Labute approximate surface area is 93.8 Å². The predicted octanol–water partition coefficient (Wildman–Crippen LogP) is 0.651. The molecular weight excluding hydrogens is 208 g/mol. The van der Waals surface area contributed by atoms with Crippen LogP contribution in [-0.2, 0) is 20.9 Å². The monoisotopic (exact) mass is 222 g/mol. The van der Waals surface area contributed by atoms with Gasteiger partial charge in [0.05, 0.1) is 18.8 Å². The number of hydrogen-bond acceptors (Lipinski definition) is 4. The SMILES string of the molecule is CCOC(=O)CC(=O)NCc1ccccn1. The number of ether oxygens (including phenoxy) is 1. The molecule has 16 heavy (non-hydrogen) atoms. The third-order valence-corrected chi connectivity index (χ3v) is 1.80. The summed E-state index contributed by atoms with van der Waals surface area (Å²) in [6.07, 6.45) is 1.40. The molecule has 1 amide bonds. The van der Waals surface area contributed by atoms with Crippen LogP contribution in [0.2, 0.25) is 0 Å². The molecular formula is C11H14N2O3. The highest BCUT2D eigenvalue weighted by Crippen LogP contribution is 1.93. The van der Waals surface area contributed by atoms with Crippen LogP contribution < -0.4 is 5.32 Å². The maximum atomic E-state index is 11.3. The molecule has 1 rings (SSSR count). The summed E-state index contributed by atoms with van der Waals surface area (Å²) < 4.78 is 4.65. The van der Waals surface area contributed by atoms with Gasteiger partial charge in [0.2, 0.25) is 5.91 Å². The minimum absolute atomic E-state index is 0.249. The number of aromatic nitrogens is 1. The average Bonchev–Trinajstić information content (AvgIpc) is 2.28. The molecule has 1 heterocycles. The number of carbonyl (C=O) groups excluding carboxylic acids is 2. The molecule has 0 fully saturated rings. The first-order chi connectivity index (χ1) is 7.72. The predicted molar refractivity (Wildman–Crippen MR) is 57.3 cm³/mol. The van der Waals surface area contributed by atoms with Crippen LogP contribution in [0.25, 0.3) is 0 Å². The molecule has 0 spiro atoms. The number of amides is 1. The first kappa shape index (κ1) is 12.2. The number of rotatable bonds is 5. The molecule has 1 aromatic rings. The van der Waals surface area contributed by atoms with Crippen LogP contribution in [0.4, 0.5) is 0 Å². The quantitative estimate of drug-likeness (QED) is 0.586. The average molecular weight is 222 g/mol. The second-order valence-electron chi connectivity index (χ2n) is 3.08. The Balaban J connectivity index is 2.28. The van der Waals surface area contributed by atoms with E-state index >= 15 is 0 Å². The van der Waals surface area contributed by atoms with Crippen LogP contribution in [0, 0.1) is 0 Å². The maximum absolute atomic E-state index is 11.3. The standard InChI is InChI=1S/C11H14N2O3/c1-2-16-11(15)7-10(14)13-8-9-5-3-4-6-12-9/h3-6H,2,7-8H2,1H3,(H,13,14). The van der Waals surface area contributed by atoms with E-state index in [1.165, 1.54) is 0 Å². The van der Waals surface area contributed by atoms with Crippen LogP contribution in [0.1, 0.15) is 19.0 Å². The summed E-state index contributed by atoms with van der Waals surface area (Å²) in [4.78, 5) is 26.3. The zero-order valence-corrected chi connectivity index (χ0v) is 9.10. The van der Waals surface area contributed by atoms with Gasteiger partial charge in [-0.2, -0.15) is 0 Å². The molecule has 0 aromatic carbocycles. The van der Waals surface area contributed by atoms with Gasteiger partial charge in [0, 0.05) is 6.20 Å². The van der Waals surface area contributed by atoms with Crippen LogP contribution in [0.15, 0.2) is 24.4 Å². The number of carbonyl (C=O) groups is 2. The minimum Gasteiger partial charge on any atom is -0.466 e. The molecule has 1 N–H and O–H groups in total. The van der Waals surface area contributed by atoms with Gasteiger partial charge in [0.1, 0.15) is 6.42 Å². The highest BCUT2D eigenvalue weighted by molar-refractivity contribution is 5.94. The Morgan fingerprint density at radius 2 is 2.25 bits per heavy atom. The number of esters is 1. The lowest BCUT2D eigenvalue weighted by molar-refractivity contribution is -0.146. The molecule has 0 atom stereocenters. The molecule has 86 valence electrons. The largest absolute Gasteiger partial charge is 0.466 e. The summed E-state index contributed by atoms with van der Waals surface area (Å²) in [5.41, 5.74) is 0.750. The van der Waals surface area contributed by atoms with E-state index in [1.807, 2.05) is 6.07 Å². The smallest absolute Gasteiger partial charge is 0.315 e. The van der Waals surface area contributed by atoms with Crippen molar-refractivity contribution in [3.8, 4) is 0 Å². The molecule has 0 bridgehead atoms. The van der Waals surface area contributed by atoms with E-state index in [0.29, 0.717) is 6.54 Å². The zero-order chi connectivity index (χ0) is 11.8. The van der Waals surface area contributed by atoms with Crippen molar-refractivity contribution in [1.82, 2.24) is 10.3 Å². The second kappa shape index (κ2) is 6.55. The fraction of sp³-hybridized carbons (Fsp3) is 0.364. The highest BCUT2D eigenvalue weighted by atomic mass is 16.5. The Morgan fingerprint density at radius 1 is 1.44 bits per heavy atom. The van der Waals surface area contributed by atoms with E-state index in [-0.39, 0.29) is 18.9 Å². The lowest BCUT2D eigenvalue weighted by Crippen LogP contribution is -2.26. The molecule has 1 aromatic heterocycles. The van der Waals surface area contributed by atoms with E-state index in [0.717, 1.165) is 5.69 Å². The van der Waals surface area contributed by atoms with Gasteiger partial charge in [-0.05, 0) is 19.1 Å². The third kappa shape index (κ3) is 4.54. The van der Waals surface area contributed by atoms with Crippen LogP contribution in [-0.4, -0.2) is 23.5 Å². The summed E-state index contributed by atoms with van der Waals surface area (Å²) >= 11 is 0. The summed E-state index contributed by atoms with van der Waals surface area (Å²) in [5.74, 6) is -0.870. The second-order valence-corrected chi connectivity index (χ2v) is 3.08. The fourth-order valence-corrected chi connectivity index (χ4v) is 1.10. The number of nitrogens with one attached hydrogen (secondary N) is 1. The third-order valence-electron chi connectivity index (χ3n) is 1.80. The van der Waals surface area contributed by atoms with Gasteiger partial charge in [-0.3, -0.25) is 14.6 Å². The summed E-state index contributed by atoms with van der Waals surface area (Å²) in [7, 11) is 0. The van der Waals surface area contributed by atoms with E-state index in [4.69, 9.17) is 0 Å². The highest BCUT2D eigenvalue weighted by Gasteiger charge is 2.09. The van der Waals surface area contributed by atoms with Crippen molar-refractivity contribution in [3.63, 3.8) is 0 Å². The topological polar surface area (TPSA) is 68.3 Å². The molecule has 5 nitrogen and oxygen atoms in total. The Kier molecular flexibility index (Phi) is 4.98. The van der Waals surface area contributed by atoms with Gasteiger partial charge < -0.3 is 10.1 Å². The minimum atomic E-state index is -0.513. The normalized spacial score (nSPS) is 9.56. The van der Waals surface area contributed by atoms with Crippen LogP contribution >= 0.6 is 0 Å². The van der Waals surface area contributed by atoms with Crippen molar-refractivity contribution < 1.29 is 14.3 Å². The Morgan fingerprint density at radius 3 is 2.88 bits per heavy atom. The van der Waals surface area contributed by atoms with E-state index in [9.17, 15) is 9.59 Å². The molecule has 0 aliphatic carbocycles. The van der Waals surface area contributed by atoms with Crippen LogP contribution in [0.5, 0.6) is 0 Å². The first-order valence-corrected chi connectivity index (χ1v) is 5.04. The number of nitrogens with zero attached hydrogens (tertiary/aromatic N) is 1. The van der Waals surface area contributed by atoms with Gasteiger partial charge in [0.25, 0.3) is 0 Å². The summed E-state index contributed by atoms with van der Waals surface area (Å²) in [6, 6.07) is 5.43. The summed E-state index contributed by atoms with van der Waals surface area (Å²) in [6.45, 7) is 2.30. The zero-order valence-electron chi connectivity index (χ0n) is 9.10. The van der Waals surface area contributed by atoms with Crippen molar-refractivity contribution in [2.24, 2.45) is 0 Å². The Bertz CT molecular complexity index is 352. The number of pyridine rings is 1. The molecule has 0 unspecified atom stereocenters. The van der Waals surface area contributed by atoms with Gasteiger partial charge in [0.15, 0.2) is 0 Å². The molecule has 0 saturated heterocycles. The van der Waals surface area contributed by atoms with Gasteiger partial charge >= 0.3 is 5.97 Å². The van der Waals surface area contributed by atoms with E-state index in [1.54, 1.807) is 25.3 Å². The van der Waals surface area contributed by atoms with Crippen molar-refractivity contribution in [2.45, 2.75) is 19.9 Å². The van der Waals surface area contributed by atoms with E-state index < -0.39 is 5.97 Å². The van der Waals surface area contributed by atoms with Crippen molar-refractivity contribution >= 4 is 11.9 Å². The lowest BCUT2D eigenvalue weighted by atomic mass is 10.3. The molecule has 0 aliphatic heterocycles. The Hall–Kier alpha value is -1.91. The lowest BCUT2D eigenvalue weighted by Gasteiger charge is -2.04. The molecule has 0 aliphatic rings. The van der Waals surface area contributed by atoms with Crippen molar-refractivity contribution in [2.75, 3.05) is 6.61 Å². The van der Waals surface area contributed by atoms with E-state index in [2.05, 4.69) is 15.0 Å². The summed E-state index contributed by atoms with van der Waals surface area (Å²) in [5, 5.41) is 2.59. The van der Waals surface area contributed by atoms with Gasteiger partial charge in [-0.15, -0.1) is 0 Å². The molecule has 5 heteroatoms. The van der Waals surface area contributed by atoms with Crippen molar-refractivity contribution in [1.29, 1.82) is 0 Å². The van der Waals surface area contributed by atoms with Crippen LogP contribution in [0.3, 0.4) is 0 Å². The first-order valence-electron chi connectivity index (χ1n) is 5.04. The fourth-order valence-electron chi connectivity index (χ4n) is 1.10. The van der Waals surface area contributed by atoms with Gasteiger partial charge in [-0.25, -0.2) is 0 Å². The van der Waals surface area contributed by atoms with Gasteiger partial charge in [-0.1, -0.05) is 6.07 Å². The molecule has 0 radical (unpaired) electrons. The molecule has 0 saturated carbocycles. The number of hydrogen-bond donors (Lipinski definition) is 1.